The summed E-state index contributed by atoms with van der Waals surface area (Å²) in [5.74, 6) is 2.74. The van der Waals surface area contributed by atoms with Crippen molar-refractivity contribution in [2.75, 3.05) is 26.1 Å². The average Bonchev–Trinajstić information content (AvgIpc) is 3.08. The van der Waals surface area contributed by atoms with Crippen LogP contribution in [0.5, 0.6) is 17.2 Å². The van der Waals surface area contributed by atoms with Gasteiger partial charge in [-0.05, 0) is 50.2 Å². The highest BCUT2D eigenvalue weighted by Crippen LogP contribution is 2.32. The second-order valence-electron chi connectivity index (χ2n) is 6.18. The van der Waals surface area contributed by atoms with Crippen LogP contribution in [-0.4, -0.2) is 48.1 Å². The van der Waals surface area contributed by atoms with E-state index >= 15 is 0 Å². The molecule has 0 aliphatic carbocycles. The Morgan fingerprint density at radius 3 is 2.57 bits per heavy atom. The number of hydrogen-bond donors (Lipinski definition) is 0. The minimum absolute atomic E-state index is 0.0509. The largest absolute Gasteiger partial charge is 0.497 e. The minimum Gasteiger partial charge on any atom is -0.497 e. The molecule has 0 saturated carbocycles. The van der Waals surface area contributed by atoms with Gasteiger partial charge in [-0.3, -0.25) is 9.69 Å². The Bertz CT molecular complexity index is 839. The molecule has 1 amide bonds. The van der Waals surface area contributed by atoms with E-state index in [0.29, 0.717) is 23.3 Å². The summed E-state index contributed by atoms with van der Waals surface area (Å²) in [6.07, 6.45) is 0. The first-order chi connectivity index (χ1) is 13.6. The Labute approximate surface area is 169 Å². The van der Waals surface area contributed by atoms with Crippen LogP contribution in [0.2, 0.25) is 0 Å². The lowest BCUT2D eigenvalue weighted by Crippen LogP contribution is -2.40. The lowest BCUT2D eigenvalue weighted by Gasteiger charge is -2.21. The van der Waals surface area contributed by atoms with Crippen LogP contribution < -0.4 is 14.2 Å². The van der Waals surface area contributed by atoms with Gasteiger partial charge in [0, 0.05) is 11.8 Å². The number of rotatable bonds is 7. The predicted molar refractivity (Wildman–Crippen MR) is 112 cm³/mol. The monoisotopic (exact) mass is 400 g/mol. The highest BCUT2D eigenvalue weighted by atomic mass is 32.2. The molecule has 1 atom stereocenters. The Morgan fingerprint density at radius 2 is 1.86 bits per heavy atom. The summed E-state index contributed by atoms with van der Waals surface area (Å²) >= 11 is 1.56. The number of methoxy groups -OCH3 is 1. The van der Waals surface area contributed by atoms with Crippen LogP contribution in [0.25, 0.3) is 0 Å². The molecule has 0 N–H and O–H groups in total. The molecular formula is C21H24N2O4S. The fraction of sp³-hybridized carbons (Fsp3) is 0.333. The summed E-state index contributed by atoms with van der Waals surface area (Å²) in [6.45, 7) is 4.45. The lowest BCUT2D eigenvalue weighted by molar-refractivity contribution is -0.130. The van der Waals surface area contributed by atoms with Gasteiger partial charge in [-0.25, -0.2) is 4.99 Å². The lowest BCUT2D eigenvalue weighted by atomic mass is 10.3. The third kappa shape index (κ3) is 4.78. The van der Waals surface area contributed by atoms with E-state index in [1.165, 1.54) is 0 Å². The van der Waals surface area contributed by atoms with Gasteiger partial charge < -0.3 is 14.2 Å². The summed E-state index contributed by atoms with van der Waals surface area (Å²) < 4.78 is 16.4. The number of amides is 1. The van der Waals surface area contributed by atoms with Crippen molar-refractivity contribution in [3.63, 3.8) is 0 Å². The van der Waals surface area contributed by atoms with E-state index in [1.54, 1.807) is 48.0 Å². The van der Waals surface area contributed by atoms with Crippen LogP contribution in [0.3, 0.4) is 0 Å². The maximum Gasteiger partial charge on any atom is 0.266 e. The Hall–Kier alpha value is -2.67. The molecule has 2 aromatic rings. The Morgan fingerprint density at radius 1 is 1.14 bits per heavy atom. The van der Waals surface area contributed by atoms with E-state index in [9.17, 15) is 4.79 Å². The van der Waals surface area contributed by atoms with E-state index < -0.39 is 0 Å². The average molecular weight is 401 g/mol. The second kappa shape index (κ2) is 9.50. The first-order valence-electron chi connectivity index (χ1n) is 9.14. The van der Waals surface area contributed by atoms with Crippen molar-refractivity contribution < 1.29 is 19.0 Å². The van der Waals surface area contributed by atoms with Crippen LogP contribution in [0.15, 0.2) is 53.5 Å². The zero-order chi connectivity index (χ0) is 19.9. The summed E-state index contributed by atoms with van der Waals surface area (Å²) in [4.78, 5) is 19.2. The topological polar surface area (TPSA) is 60.4 Å². The molecule has 0 spiro atoms. The van der Waals surface area contributed by atoms with Crippen molar-refractivity contribution in [1.29, 1.82) is 0 Å². The van der Waals surface area contributed by atoms with Crippen molar-refractivity contribution in [3.05, 3.63) is 48.5 Å². The second-order valence-corrected chi connectivity index (χ2v) is 7.17. The third-order valence-corrected chi connectivity index (χ3v) is 5.37. The molecule has 1 aliphatic heterocycles. The number of aliphatic imine (C=N–C) groups is 1. The maximum absolute atomic E-state index is 12.8. The number of amidine groups is 1. The Balaban J connectivity index is 1.72. The Kier molecular flexibility index (Phi) is 6.81. The molecule has 0 radical (unpaired) electrons. The van der Waals surface area contributed by atoms with Gasteiger partial charge in [0.2, 0.25) is 0 Å². The molecule has 1 aliphatic rings. The molecule has 28 heavy (non-hydrogen) atoms. The molecule has 0 aromatic heterocycles. The molecule has 1 saturated heterocycles. The van der Waals surface area contributed by atoms with E-state index in [4.69, 9.17) is 19.2 Å². The van der Waals surface area contributed by atoms with Crippen LogP contribution in [0.4, 0.5) is 5.69 Å². The van der Waals surface area contributed by atoms with Gasteiger partial charge >= 0.3 is 0 Å². The van der Waals surface area contributed by atoms with Crippen molar-refractivity contribution in [2.24, 2.45) is 4.99 Å². The SMILES string of the molecule is CCOc1ccccc1N=C1SC[C@H](C)N1C(=O)COc1ccc(OC)cc1. The molecule has 1 heterocycles. The zero-order valence-electron chi connectivity index (χ0n) is 16.3. The molecule has 7 heteroatoms. The number of hydrogen-bond acceptors (Lipinski definition) is 6. The van der Waals surface area contributed by atoms with Gasteiger partial charge in [-0.1, -0.05) is 23.9 Å². The fourth-order valence-corrected chi connectivity index (χ4v) is 3.91. The maximum atomic E-state index is 12.8. The molecule has 0 bridgehead atoms. The van der Waals surface area contributed by atoms with E-state index in [1.807, 2.05) is 38.1 Å². The van der Waals surface area contributed by atoms with Gasteiger partial charge in [-0.2, -0.15) is 0 Å². The highest BCUT2D eigenvalue weighted by Gasteiger charge is 2.32. The molecule has 2 aromatic carbocycles. The van der Waals surface area contributed by atoms with Crippen LogP contribution in [0.1, 0.15) is 13.8 Å². The third-order valence-electron chi connectivity index (χ3n) is 4.17. The number of thioether (sulfide) groups is 1. The number of benzene rings is 2. The number of carbonyl (C=O) groups excluding carboxylic acids is 1. The van der Waals surface area contributed by atoms with Crippen LogP contribution in [-0.2, 0) is 4.79 Å². The van der Waals surface area contributed by atoms with Crippen molar-refractivity contribution >= 4 is 28.5 Å². The van der Waals surface area contributed by atoms with Gasteiger partial charge in [0.15, 0.2) is 11.8 Å². The molecule has 0 unspecified atom stereocenters. The molecule has 1 fully saturated rings. The standard InChI is InChI=1S/C21H24N2O4S/c1-4-26-19-8-6-5-7-18(19)22-21-23(15(2)14-28-21)20(24)13-27-17-11-9-16(25-3)10-12-17/h5-12,15H,4,13-14H2,1-3H3/t15-/m0/s1. The van der Waals surface area contributed by atoms with Crippen molar-refractivity contribution in [1.82, 2.24) is 4.90 Å². The molecular weight excluding hydrogens is 376 g/mol. The van der Waals surface area contributed by atoms with Gasteiger partial charge in [0.1, 0.15) is 22.9 Å². The first-order valence-corrected chi connectivity index (χ1v) is 10.1. The smallest absolute Gasteiger partial charge is 0.266 e. The van der Waals surface area contributed by atoms with Crippen LogP contribution >= 0.6 is 11.8 Å². The number of nitrogens with zero attached hydrogens (tertiary/aromatic N) is 2. The summed E-state index contributed by atoms with van der Waals surface area (Å²) in [6, 6.07) is 14.8. The first kappa shape index (κ1) is 20.1. The number of ether oxygens (including phenoxy) is 3. The van der Waals surface area contributed by atoms with Gasteiger partial charge in [-0.15, -0.1) is 0 Å². The molecule has 6 nitrogen and oxygen atoms in total. The van der Waals surface area contributed by atoms with E-state index in [0.717, 1.165) is 17.2 Å². The van der Waals surface area contributed by atoms with Gasteiger partial charge in [0.05, 0.1) is 13.7 Å². The van der Waals surface area contributed by atoms with E-state index in [2.05, 4.69) is 0 Å². The normalized spacial score (nSPS) is 17.6. The van der Waals surface area contributed by atoms with Crippen molar-refractivity contribution in [3.8, 4) is 17.2 Å². The number of carbonyl (C=O) groups is 1. The highest BCUT2D eigenvalue weighted by molar-refractivity contribution is 8.14. The summed E-state index contributed by atoms with van der Waals surface area (Å²) in [5, 5.41) is 0.669. The van der Waals surface area contributed by atoms with Crippen LogP contribution in [0, 0.1) is 0 Å². The predicted octanol–water partition coefficient (Wildman–Crippen LogP) is 4.12. The molecule has 148 valence electrons. The zero-order valence-corrected chi connectivity index (χ0v) is 17.1. The minimum atomic E-state index is -0.124. The van der Waals surface area contributed by atoms with E-state index in [-0.39, 0.29) is 18.6 Å². The molecule has 3 rings (SSSR count). The van der Waals surface area contributed by atoms with Gasteiger partial charge in [0.25, 0.3) is 5.91 Å². The number of para-hydroxylation sites is 2. The summed E-state index contributed by atoms with van der Waals surface area (Å²) in [7, 11) is 1.61. The quantitative estimate of drug-likeness (QED) is 0.700. The summed E-state index contributed by atoms with van der Waals surface area (Å²) in [5.41, 5.74) is 0.717. The fourth-order valence-electron chi connectivity index (χ4n) is 2.78. The van der Waals surface area contributed by atoms with Crippen molar-refractivity contribution in [2.45, 2.75) is 19.9 Å².